The van der Waals surface area contributed by atoms with Crippen molar-refractivity contribution in [3.05, 3.63) is 24.2 Å². The summed E-state index contributed by atoms with van der Waals surface area (Å²) in [4.78, 5) is 8.08. The Morgan fingerprint density at radius 1 is 1.44 bits per heavy atom. The summed E-state index contributed by atoms with van der Waals surface area (Å²) in [7, 11) is 0. The maximum atomic E-state index is 5.67. The first kappa shape index (κ1) is 10.4. The molecule has 0 aliphatic rings. The fraction of sp³-hybridized carbons (Fsp3) is 0.300. The second kappa shape index (κ2) is 4.18. The lowest BCUT2D eigenvalue weighted by Gasteiger charge is -2.03. The van der Waals surface area contributed by atoms with Crippen molar-refractivity contribution in [1.82, 2.24) is 19.7 Å². The predicted octanol–water partition coefficient (Wildman–Crippen LogP) is 0.952. The molecule has 0 saturated heterocycles. The molecular weight excluding hydrogens is 206 g/mol. The standard InChI is InChI=1S/C10H13N5O/c1-3-16-9-4-8(12-6-13-9)15-5-7(2)10(11)14-15/h4-6H,3H2,1-2H3,(H2,11,14). The van der Waals surface area contributed by atoms with Crippen LogP contribution in [0.5, 0.6) is 5.88 Å². The second-order valence-corrected chi connectivity index (χ2v) is 3.29. The summed E-state index contributed by atoms with van der Waals surface area (Å²) < 4.78 is 6.89. The highest BCUT2D eigenvalue weighted by Crippen LogP contribution is 2.13. The summed E-state index contributed by atoms with van der Waals surface area (Å²) in [5.74, 6) is 1.66. The molecular formula is C10H13N5O. The smallest absolute Gasteiger partial charge is 0.218 e. The number of hydrogen-bond acceptors (Lipinski definition) is 5. The number of ether oxygens (including phenoxy) is 1. The third kappa shape index (κ3) is 1.95. The first-order valence-corrected chi connectivity index (χ1v) is 4.97. The fourth-order valence-corrected chi connectivity index (χ4v) is 1.27. The molecule has 0 unspecified atom stereocenters. The van der Waals surface area contributed by atoms with Crippen LogP contribution in [0.1, 0.15) is 12.5 Å². The van der Waals surface area contributed by atoms with E-state index in [1.54, 1.807) is 10.7 Å². The molecule has 0 amide bonds. The Balaban J connectivity index is 2.36. The molecule has 2 heterocycles. The molecule has 2 N–H and O–H groups in total. The van der Waals surface area contributed by atoms with Gasteiger partial charge in [-0.2, -0.15) is 0 Å². The molecule has 0 fully saturated rings. The van der Waals surface area contributed by atoms with Crippen LogP contribution in [0.3, 0.4) is 0 Å². The minimum Gasteiger partial charge on any atom is -0.478 e. The van der Waals surface area contributed by atoms with Crippen molar-refractivity contribution < 1.29 is 4.74 Å². The van der Waals surface area contributed by atoms with E-state index in [-0.39, 0.29) is 0 Å². The highest BCUT2D eigenvalue weighted by Gasteiger charge is 2.05. The summed E-state index contributed by atoms with van der Waals surface area (Å²) in [5, 5.41) is 4.13. The van der Waals surface area contributed by atoms with E-state index in [2.05, 4.69) is 15.1 Å². The average molecular weight is 219 g/mol. The van der Waals surface area contributed by atoms with Gasteiger partial charge in [0.2, 0.25) is 5.88 Å². The quantitative estimate of drug-likeness (QED) is 0.831. The Morgan fingerprint density at radius 2 is 2.25 bits per heavy atom. The van der Waals surface area contributed by atoms with Gasteiger partial charge in [-0.25, -0.2) is 14.6 Å². The minimum atomic E-state index is 0.497. The normalized spacial score (nSPS) is 10.4. The molecule has 84 valence electrons. The lowest BCUT2D eigenvalue weighted by atomic mass is 10.4. The molecule has 0 aromatic carbocycles. The van der Waals surface area contributed by atoms with Crippen LogP contribution in [0.25, 0.3) is 5.82 Å². The highest BCUT2D eigenvalue weighted by atomic mass is 16.5. The zero-order valence-electron chi connectivity index (χ0n) is 9.21. The van der Waals surface area contributed by atoms with Crippen molar-refractivity contribution in [3.8, 4) is 11.7 Å². The Labute approximate surface area is 93.1 Å². The number of hydrogen-bond donors (Lipinski definition) is 1. The van der Waals surface area contributed by atoms with Crippen LogP contribution in [-0.4, -0.2) is 26.4 Å². The van der Waals surface area contributed by atoms with Gasteiger partial charge < -0.3 is 10.5 Å². The number of aromatic nitrogens is 4. The molecule has 16 heavy (non-hydrogen) atoms. The zero-order chi connectivity index (χ0) is 11.5. The van der Waals surface area contributed by atoms with Crippen molar-refractivity contribution >= 4 is 5.82 Å². The molecule has 2 aromatic rings. The molecule has 0 atom stereocenters. The van der Waals surface area contributed by atoms with Crippen molar-refractivity contribution in [2.24, 2.45) is 0 Å². The van der Waals surface area contributed by atoms with E-state index in [1.165, 1.54) is 6.33 Å². The van der Waals surface area contributed by atoms with E-state index in [9.17, 15) is 0 Å². The Bertz CT molecular complexity index is 474. The largest absolute Gasteiger partial charge is 0.478 e. The van der Waals surface area contributed by atoms with Crippen LogP contribution < -0.4 is 10.5 Å². The van der Waals surface area contributed by atoms with Crippen LogP contribution in [0.4, 0.5) is 5.82 Å². The zero-order valence-corrected chi connectivity index (χ0v) is 9.21. The first-order chi connectivity index (χ1) is 7.70. The third-order valence-corrected chi connectivity index (χ3v) is 2.09. The van der Waals surface area contributed by atoms with E-state index in [1.807, 2.05) is 20.0 Å². The van der Waals surface area contributed by atoms with Crippen LogP contribution in [0, 0.1) is 6.92 Å². The molecule has 6 nitrogen and oxygen atoms in total. The lowest BCUT2D eigenvalue weighted by molar-refractivity contribution is 0.326. The number of nitrogen functional groups attached to an aromatic ring is 1. The van der Waals surface area contributed by atoms with Gasteiger partial charge in [0.15, 0.2) is 5.82 Å². The molecule has 0 aliphatic carbocycles. The molecule has 0 radical (unpaired) electrons. The average Bonchev–Trinajstić information content (AvgIpc) is 2.60. The minimum absolute atomic E-state index is 0.497. The van der Waals surface area contributed by atoms with Crippen LogP contribution in [-0.2, 0) is 0 Å². The highest BCUT2D eigenvalue weighted by molar-refractivity contribution is 5.39. The topological polar surface area (TPSA) is 78.9 Å². The third-order valence-electron chi connectivity index (χ3n) is 2.09. The molecule has 0 bridgehead atoms. The van der Waals surface area contributed by atoms with Gasteiger partial charge in [0.1, 0.15) is 12.1 Å². The van der Waals surface area contributed by atoms with Gasteiger partial charge in [-0.1, -0.05) is 0 Å². The second-order valence-electron chi connectivity index (χ2n) is 3.29. The maximum absolute atomic E-state index is 5.67. The molecule has 0 saturated carbocycles. The van der Waals surface area contributed by atoms with Gasteiger partial charge in [-0.3, -0.25) is 0 Å². The SMILES string of the molecule is CCOc1cc(-n2cc(C)c(N)n2)ncn1. The van der Waals surface area contributed by atoms with Crippen LogP contribution in [0.2, 0.25) is 0 Å². The number of nitrogens with two attached hydrogens (primary N) is 1. The summed E-state index contributed by atoms with van der Waals surface area (Å²) >= 11 is 0. The van der Waals surface area contributed by atoms with Crippen LogP contribution >= 0.6 is 0 Å². The van der Waals surface area contributed by atoms with E-state index in [4.69, 9.17) is 10.5 Å². The monoisotopic (exact) mass is 219 g/mol. The first-order valence-electron chi connectivity index (χ1n) is 4.97. The summed E-state index contributed by atoms with van der Waals surface area (Å²) in [5.41, 5.74) is 6.58. The number of nitrogens with zero attached hydrogens (tertiary/aromatic N) is 4. The molecule has 0 spiro atoms. The van der Waals surface area contributed by atoms with Gasteiger partial charge in [0.05, 0.1) is 6.61 Å². The predicted molar refractivity (Wildman–Crippen MR) is 59.5 cm³/mol. The van der Waals surface area contributed by atoms with Crippen molar-refractivity contribution in [2.75, 3.05) is 12.3 Å². The van der Waals surface area contributed by atoms with Gasteiger partial charge in [-0.05, 0) is 13.8 Å². The van der Waals surface area contributed by atoms with E-state index in [0.29, 0.717) is 24.1 Å². The summed E-state index contributed by atoms with van der Waals surface area (Å²) in [6.07, 6.45) is 3.25. The Morgan fingerprint density at radius 3 is 2.88 bits per heavy atom. The number of aryl methyl sites for hydroxylation is 1. The van der Waals surface area contributed by atoms with Crippen LogP contribution in [0.15, 0.2) is 18.6 Å². The van der Waals surface area contributed by atoms with E-state index < -0.39 is 0 Å². The summed E-state index contributed by atoms with van der Waals surface area (Å²) in [6.45, 7) is 4.36. The number of anilines is 1. The number of rotatable bonds is 3. The lowest BCUT2D eigenvalue weighted by Crippen LogP contribution is -2.02. The Hall–Kier alpha value is -2.11. The Kier molecular flexibility index (Phi) is 2.72. The fourth-order valence-electron chi connectivity index (χ4n) is 1.27. The van der Waals surface area contributed by atoms with Crippen molar-refractivity contribution in [2.45, 2.75) is 13.8 Å². The van der Waals surface area contributed by atoms with Gasteiger partial charge in [0, 0.05) is 17.8 Å². The van der Waals surface area contributed by atoms with E-state index in [0.717, 1.165) is 5.56 Å². The molecule has 2 rings (SSSR count). The van der Waals surface area contributed by atoms with Gasteiger partial charge >= 0.3 is 0 Å². The van der Waals surface area contributed by atoms with Crippen molar-refractivity contribution in [3.63, 3.8) is 0 Å². The van der Waals surface area contributed by atoms with E-state index >= 15 is 0 Å². The molecule has 6 heteroatoms. The molecule has 0 aliphatic heterocycles. The van der Waals surface area contributed by atoms with Gasteiger partial charge in [0.25, 0.3) is 0 Å². The molecule has 2 aromatic heterocycles. The maximum Gasteiger partial charge on any atom is 0.218 e. The van der Waals surface area contributed by atoms with Crippen molar-refractivity contribution in [1.29, 1.82) is 0 Å². The summed E-state index contributed by atoms with van der Waals surface area (Å²) in [6, 6.07) is 1.72. The van der Waals surface area contributed by atoms with Gasteiger partial charge in [-0.15, -0.1) is 5.10 Å².